The third-order valence-corrected chi connectivity index (χ3v) is 5.52. The van der Waals surface area contributed by atoms with Gasteiger partial charge in [-0.2, -0.15) is 0 Å². The van der Waals surface area contributed by atoms with Crippen molar-refractivity contribution < 1.29 is 9.47 Å². The third-order valence-electron chi connectivity index (χ3n) is 4.78. The summed E-state index contributed by atoms with van der Waals surface area (Å²) in [5.41, 5.74) is 2.56. The van der Waals surface area contributed by atoms with Crippen LogP contribution in [0.5, 0.6) is 11.5 Å². The number of nitrogens with zero attached hydrogens (tertiary/aromatic N) is 3. The van der Waals surface area contributed by atoms with Crippen LogP contribution in [-0.2, 0) is 13.1 Å². The van der Waals surface area contributed by atoms with Crippen molar-refractivity contribution in [2.45, 2.75) is 19.5 Å². The minimum atomic E-state index is 0.752. The number of aromatic nitrogens is 1. The standard InChI is InChI=1S/C20H26BrN3O2/c1-25-19-12-17(18(21)13-20(19)26-2)15-24-9-3-8-23(10-11-24)14-16-4-6-22-7-5-16/h4-7,12-13H,3,8-11,14-15H2,1-2H3. The highest BCUT2D eigenvalue weighted by Crippen LogP contribution is 2.34. The molecule has 26 heavy (non-hydrogen) atoms. The largest absolute Gasteiger partial charge is 0.493 e. The molecule has 1 saturated heterocycles. The second-order valence-corrected chi connectivity index (χ2v) is 7.41. The van der Waals surface area contributed by atoms with Gasteiger partial charge < -0.3 is 9.47 Å². The Morgan fingerprint density at radius 2 is 1.54 bits per heavy atom. The lowest BCUT2D eigenvalue weighted by Gasteiger charge is -2.23. The quantitative estimate of drug-likeness (QED) is 0.715. The normalized spacial score (nSPS) is 16.3. The van der Waals surface area contributed by atoms with E-state index in [1.807, 2.05) is 18.5 Å². The third kappa shape index (κ3) is 4.96. The van der Waals surface area contributed by atoms with E-state index in [0.717, 1.165) is 55.2 Å². The topological polar surface area (TPSA) is 37.8 Å². The predicted molar refractivity (Wildman–Crippen MR) is 107 cm³/mol. The van der Waals surface area contributed by atoms with E-state index in [2.05, 4.69) is 48.9 Å². The smallest absolute Gasteiger partial charge is 0.161 e. The number of hydrogen-bond acceptors (Lipinski definition) is 5. The molecule has 140 valence electrons. The molecule has 2 aromatic rings. The van der Waals surface area contributed by atoms with Crippen molar-refractivity contribution in [1.82, 2.24) is 14.8 Å². The van der Waals surface area contributed by atoms with Gasteiger partial charge in [0.2, 0.25) is 0 Å². The first-order valence-electron chi connectivity index (χ1n) is 8.93. The first-order valence-corrected chi connectivity index (χ1v) is 9.73. The Bertz CT molecular complexity index is 712. The molecule has 0 amide bonds. The van der Waals surface area contributed by atoms with Crippen LogP contribution in [0.2, 0.25) is 0 Å². The first kappa shape index (κ1) is 19.1. The first-order chi connectivity index (χ1) is 12.7. The van der Waals surface area contributed by atoms with Crippen LogP contribution in [0.15, 0.2) is 41.1 Å². The zero-order chi connectivity index (χ0) is 18.4. The maximum absolute atomic E-state index is 5.45. The molecule has 0 unspecified atom stereocenters. The SMILES string of the molecule is COc1cc(Br)c(CN2CCCN(Cc3ccncc3)CC2)cc1OC. The average molecular weight is 420 g/mol. The number of methoxy groups -OCH3 is 2. The van der Waals surface area contributed by atoms with E-state index in [9.17, 15) is 0 Å². The van der Waals surface area contributed by atoms with Crippen LogP contribution in [-0.4, -0.2) is 55.2 Å². The minimum Gasteiger partial charge on any atom is -0.493 e. The van der Waals surface area contributed by atoms with E-state index < -0.39 is 0 Å². The number of pyridine rings is 1. The Morgan fingerprint density at radius 3 is 2.19 bits per heavy atom. The van der Waals surface area contributed by atoms with Crippen LogP contribution in [0.3, 0.4) is 0 Å². The molecular formula is C20H26BrN3O2. The van der Waals surface area contributed by atoms with Crippen LogP contribution >= 0.6 is 15.9 Å². The van der Waals surface area contributed by atoms with Gasteiger partial charge in [-0.25, -0.2) is 0 Å². The Balaban J connectivity index is 1.61. The highest BCUT2D eigenvalue weighted by atomic mass is 79.9. The molecule has 5 nitrogen and oxygen atoms in total. The van der Waals surface area contributed by atoms with Gasteiger partial charge in [0.15, 0.2) is 11.5 Å². The molecule has 0 bridgehead atoms. The van der Waals surface area contributed by atoms with Crippen LogP contribution in [0, 0.1) is 0 Å². The summed E-state index contributed by atoms with van der Waals surface area (Å²) < 4.78 is 11.9. The van der Waals surface area contributed by atoms with Crippen molar-refractivity contribution in [2.24, 2.45) is 0 Å². The fraction of sp³-hybridized carbons (Fsp3) is 0.450. The molecule has 1 aliphatic rings. The second-order valence-electron chi connectivity index (χ2n) is 6.56. The summed E-state index contributed by atoms with van der Waals surface area (Å²) in [4.78, 5) is 9.14. The fourth-order valence-corrected chi connectivity index (χ4v) is 3.79. The lowest BCUT2D eigenvalue weighted by atomic mass is 10.2. The van der Waals surface area contributed by atoms with Crippen LogP contribution in [0.4, 0.5) is 0 Å². The average Bonchev–Trinajstić information content (AvgIpc) is 2.89. The van der Waals surface area contributed by atoms with Crippen LogP contribution in [0.25, 0.3) is 0 Å². The molecule has 0 radical (unpaired) electrons. The molecule has 1 fully saturated rings. The highest BCUT2D eigenvalue weighted by Gasteiger charge is 2.17. The van der Waals surface area contributed by atoms with E-state index >= 15 is 0 Å². The Kier molecular flexibility index (Phi) is 6.88. The maximum atomic E-state index is 5.45. The van der Waals surface area contributed by atoms with Gasteiger partial charge in [-0.3, -0.25) is 14.8 Å². The van der Waals surface area contributed by atoms with E-state index in [1.54, 1.807) is 14.2 Å². The zero-order valence-corrected chi connectivity index (χ0v) is 17.0. The highest BCUT2D eigenvalue weighted by molar-refractivity contribution is 9.10. The Labute approximate surface area is 164 Å². The zero-order valence-electron chi connectivity index (χ0n) is 15.4. The molecule has 0 saturated carbocycles. The lowest BCUT2D eigenvalue weighted by molar-refractivity contribution is 0.246. The molecule has 0 atom stereocenters. The number of ether oxygens (including phenoxy) is 2. The van der Waals surface area contributed by atoms with Crippen LogP contribution in [0.1, 0.15) is 17.5 Å². The van der Waals surface area contributed by atoms with Gasteiger partial charge in [0.1, 0.15) is 0 Å². The molecule has 6 heteroatoms. The Morgan fingerprint density at radius 1 is 0.923 bits per heavy atom. The maximum Gasteiger partial charge on any atom is 0.161 e. The van der Waals surface area contributed by atoms with Crippen molar-refractivity contribution in [1.29, 1.82) is 0 Å². The summed E-state index contributed by atoms with van der Waals surface area (Å²) in [6, 6.07) is 8.26. The van der Waals surface area contributed by atoms with Crippen molar-refractivity contribution in [3.05, 3.63) is 52.3 Å². The summed E-state index contributed by atoms with van der Waals surface area (Å²) in [6.07, 6.45) is 4.91. The van der Waals surface area contributed by atoms with Gasteiger partial charge in [-0.1, -0.05) is 15.9 Å². The summed E-state index contributed by atoms with van der Waals surface area (Å²) in [7, 11) is 3.34. The van der Waals surface area contributed by atoms with E-state index in [1.165, 1.54) is 17.5 Å². The van der Waals surface area contributed by atoms with Gasteiger partial charge in [-0.05, 0) is 54.9 Å². The molecule has 1 aromatic heterocycles. The van der Waals surface area contributed by atoms with Gasteiger partial charge in [-0.15, -0.1) is 0 Å². The second kappa shape index (κ2) is 9.35. The fourth-order valence-electron chi connectivity index (χ4n) is 3.35. The van der Waals surface area contributed by atoms with E-state index in [0.29, 0.717) is 0 Å². The van der Waals surface area contributed by atoms with Crippen molar-refractivity contribution in [3.8, 4) is 11.5 Å². The summed E-state index contributed by atoms with van der Waals surface area (Å²) >= 11 is 3.68. The van der Waals surface area contributed by atoms with E-state index in [4.69, 9.17) is 9.47 Å². The molecule has 2 heterocycles. The number of rotatable bonds is 6. The lowest BCUT2D eigenvalue weighted by Crippen LogP contribution is -2.30. The number of hydrogen-bond donors (Lipinski definition) is 0. The van der Waals surface area contributed by atoms with Gasteiger partial charge in [0, 0.05) is 43.0 Å². The van der Waals surface area contributed by atoms with Gasteiger partial charge >= 0.3 is 0 Å². The van der Waals surface area contributed by atoms with E-state index in [-0.39, 0.29) is 0 Å². The molecule has 1 aliphatic heterocycles. The molecule has 0 N–H and O–H groups in total. The number of benzene rings is 1. The number of halogens is 1. The molecule has 3 rings (SSSR count). The predicted octanol–water partition coefficient (Wildman–Crippen LogP) is 3.57. The summed E-state index contributed by atoms with van der Waals surface area (Å²) in [5.74, 6) is 1.53. The van der Waals surface area contributed by atoms with Gasteiger partial charge in [0.25, 0.3) is 0 Å². The molecular weight excluding hydrogens is 394 g/mol. The molecule has 0 spiro atoms. The molecule has 1 aromatic carbocycles. The molecule has 0 aliphatic carbocycles. The minimum absolute atomic E-state index is 0.752. The van der Waals surface area contributed by atoms with Crippen molar-refractivity contribution >= 4 is 15.9 Å². The summed E-state index contributed by atoms with van der Waals surface area (Å²) in [6.45, 7) is 6.28. The summed E-state index contributed by atoms with van der Waals surface area (Å²) in [5, 5.41) is 0. The Hall–Kier alpha value is -1.63. The van der Waals surface area contributed by atoms with Crippen molar-refractivity contribution in [3.63, 3.8) is 0 Å². The van der Waals surface area contributed by atoms with Crippen LogP contribution < -0.4 is 9.47 Å². The van der Waals surface area contributed by atoms with Gasteiger partial charge in [0.05, 0.1) is 14.2 Å². The van der Waals surface area contributed by atoms with Crippen molar-refractivity contribution in [2.75, 3.05) is 40.4 Å². The monoisotopic (exact) mass is 419 g/mol.